The maximum absolute atomic E-state index is 4.58. The highest BCUT2D eigenvalue weighted by atomic mass is 32.2. The van der Waals surface area contributed by atoms with Crippen LogP contribution in [-0.2, 0) is 0 Å². The molecule has 0 saturated heterocycles. The fraction of sp³-hybridized carbons (Fsp3) is 0.300. The van der Waals surface area contributed by atoms with Crippen molar-refractivity contribution in [2.75, 3.05) is 13.3 Å². The summed E-state index contributed by atoms with van der Waals surface area (Å²) in [6.07, 6.45) is 12.4. The fourth-order valence-electron chi connectivity index (χ4n) is 1.51. The van der Waals surface area contributed by atoms with Crippen LogP contribution >= 0.6 is 11.8 Å². The summed E-state index contributed by atoms with van der Waals surface area (Å²) in [4.78, 5) is 6.73. The van der Waals surface area contributed by atoms with Crippen molar-refractivity contribution >= 4 is 16.9 Å². The van der Waals surface area contributed by atoms with Crippen molar-refractivity contribution in [2.45, 2.75) is 6.04 Å². The van der Waals surface area contributed by atoms with E-state index in [2.05, 4.69) is 47.5 Å². The normalized spacial score (nSPS) is 25.4. The van der Waals surface area contributed by atoms with Gasteiger partial charge in [0, 0.05) is 12.7 Å². The molecule has 2 aliphatic rings. The lowest BCUT2D eigenvalue weighted by Crippen LogP contribution is -2.19. The first-order valence-electron chi connectivity index (χ1n) is 4.23. The molecule has 0 aromatic heterocycles. The minimum Gasteiger partial charge on any atom is -0.326 e. The van der Waals surface area contributed by atoms with Gasteiger partial charge in [-0.2, -0.15) is 0 Å². The van der Waals surface area contributed by atoms with E-state index < -0.39 is 0 Å². The average molecular weight is 192 g/mol. The van der Waals surface area contributed by atoms with Crippen LogP contribution in [0.1, 0.15) is 0 Å². The Morgan fingerprint density at radius 1 is 1.38 bits per heavy atom. The summed E-state index contributed by atoms with van der Waals surface area (Å²) in [6, 6.07) is 0.224. The molecule has 3 heteroatoms. The van der Waals surface area contributed by atoms with Crippen LogP contribution in [0.3, 0.4) is 0 Å². The smallest absolute Gasteiger partial charge is 0.163 e. The van der Waals surface area contributed by atoms with Crippen molar-refractivity contribution in [1.29, 1.82) is 0 Å². The van der Waals surface area contributed by atoms with Gasteiger partial charge in [-0.15, -0.1) is 0 Å². The van der Waals surface area contributed by atoms with Crippen molar-refractivity contribution < 1.29 is 0 Å². The van der Waals surface area contributed by atoms with Gasteiger partial charge in [-0.1, -0.05) is 36.1 Å². The Bertz CT molecular complexity index is 326. The van der Waals surface area contributed by atoms with Crippen LogP contribution in [0.2, 0.25) is 0 Å². The molecule has 0 amide bonds. The number of hydrogen-bond donors (Lipinski definition) is 0. The van der Waals surface area contributed by atoms with Gasteiger partial charge in [0.1, 0.15) is 6.04 Å². The summed E-state index contributed by atoms with van der Waals surface area (Å²) < 4.78 is 0. The van der Waals surface area contributed by atoms with Gasteiger partial charge in [0.25, 0.3) is 0 Å². The molecule has 0 N–H and O–H groups in total. The van der Waals surface area contributed by atoms with Gasteiger partial charge in [-0.25, -0.2) is 4.99 Å². The Labute approximate surface area is 82.7 Å². The lowest BCUT2D eigenvalue weighted by Gasteiger charge is -2.15. The second kappa shape index (κ2) is 3.42. The number of thioether (sulfide) groups is 1. The number of rotatable bonds is 0. The Kier molecular flexibility index (Phi) is 2.27. The lowest BCUT2D eigenvalue weighted by molar-refractivity contribution is 0.639. The van der Waals surface area contributed by atoms with Gasteiger partial charge >= 0.3 is 0 Å². The highest BCUT2D eigenvalue weighted by Gasteiger charge is 2.25. The van der Waals surface area contributed by atoms with E-state index in [0.29, 0.717) is 0 Å². The molecule has 2 nitrogen and oxygen atoms in total. The first-order chi connectivity index (χ1) is 6.33. The third kappa shape index (κ3) is 1.44. The van der Waals surface area contributed by atoms with Gasteiger partial charge < -0.3 is 4.90 Å². The molecule has 0 aromatic carbocycles. The van der Waals surface area contributed by atoms with Gasteiger partial charge in [-0.3, -0.25) is 0 Å². The summed E-state index contributed by atoms with van der Waals surface area (Å²) in [5.41, 5.74) is 1.26. The van der Waals surface area contributed by atoms with E-state index in [4.69, 9.17) is 0 Å². The topological polar surface area (TPSA) is 15.6 Å². The number of nitrogens with zero attached hydrogens (tertiary/aromatic N) is 2. The fourth-order valence-corrected chi connectivity index (χ4v) is 2.11. The largest absolute Gasteiger partial charge is 0.326 e. The standard InChI is InChI=1S/C10H12N2S/c1-12-9-7-5-3-4-6-8(9)11-10(12)13-2/h3-8H,1-2H3. The molecular formula is C10H12N2S. The molecule has 0 fully saturated rings. The summed E-state index contributed by atoms with van der Waals surface area (Å²) >= 11 is 1.69. The maximum atomic E-state index is 4.58. The van der Waals surface area contributed by atoms with E-state index in [1.807, 2.05) is 6.08 Å². The Morgan fingerprint density at radius 3 is 3.00 bits per heavy atom. The molecular weight excluding hydrogens is 180 g/mol. The quantitative estimate of drug-likeness (QED) is 0.583. The number of likely N-dealkylation sites (N-methyl/N-ethyl adjacent to an activating group) is 1. The molecule has 0 aromatic rings. The van der Waals surface area contributed by atoms with Gasteiger partial charge in [0.2, 0.25) is 0 Å². The Hall–Kier alpha value is -0.960. The Morgan fingerprint density at radius 2 is 2.23 bits per heavy atom. The molecule has 1 aliphatic heterocycles. The summed E-state index contributed by atoms with van der Waals surface area (Å²) in [5, 5.41) is 1.09. The maximum Gasteiger partial charge on any atom is 0.163 e. The zero-order valence-corrected chi connectivity index (χ0v) is 8.58. The molecule has 0 bridgehead atoms. The molecule has 1 unspecified atom stereocenters. The second-order valence-electron chi connectivity index (χ2n) is 2.98. The molecule has 2 rings (SSSR count). The number of amidine groups is 1. The van der Waals surface area contributed by atoms with Crippen LogP contribution in [0.25, 0.3) is 0 Å². The van der Waals surface area contributed by atoms with E-state index in [1.165, 1.54) is 5.70 Å². The minimum absolute atomic E-state index is 0.224. The summed E-state index contributed by atoms with van der Waals surface area (Å²) in [5.74, 6) is 0. The number of allylic oxidation sites excluding steroid dienone is 4. The van der Waals surface area contributed by atoms with Crippen molar-refractivity contribution in [3.05, 3.63) is 36.1 Å². The first-order valence-corrected chi connectivity index (χ1v) is 5.46. The zero-order chi connectivity index (χ0) is 9.26. The SMILES string of the molecule is CSC1=NC2C=CC=CC=C2N1C. The van der Waals surface area contributed by atoms with Crippen molar-refractivity contribution in [3.8, 4) is 0 Å². The van der Waals surface area contributed by atoms with Crippen LogP contribution in [0.15, 0.2) is 41.1 Å². The van der Waals surface area contributed by atoms with E-state index in [0.717, 1.165) is 5.17 Å². The molecule has 1 heterocycles. The molecule has 1 atom stereocenters. The van der Waals surface area contributed by atoms with E-state index in [-0.39, 0.29) is 6.04 Å². The van der Waals surface area contributed by atoms with Gasteiger partial charge in [-0.05, 0) is 12.3 Å². The molecule has 0 saturated carbocycles. The first kappa shape index (κ1) is 8.63. The molecule has 13 heavy (non-hydrogen) atoms. The molecule has 1 aliphatic carbocycles. The number of aliphatic imine (C=N–C) groups is 1. The predicted molar refractivity (Wildman–Crippen MR) is 58.9 cm³/mol. The lowest BCUT2D eigenvalue weighted by atomic mass is 10.2. The van der Waals surface area contributed by atoms with Gasteiger partial charge in [0.05, 0.1) is 0 Å². The van der Waals surface area contributed by atoms with Gasteiger partial charge in [0.15, 0.2) is 5.17 Å². The third-order valence-electron chi connectivity index (χ3n) is 2.19. The molecule has 0 spiro atoms. The summed E-state index contributed by atoms with van der Waals surface area (Å²) in [6.45, 7) is 0. The minimum atomic E-state index is 0.224. The van der Waals surface area contributed by atoms with Crippen LogP contribution < -0.4 is 0 Å². The van der Waals surface area contributed by atoms with Crippen LogP contribution in [0.5, 0.6) is 0 Å². The van der Waals surface area contributed by atoms with Crippen LogP contribution in [-0.4, -0.2) is 29.4 Å². The summed E-state index contributed by atoms with van der Waals surface area (Å²) in [7, 11) is 2.06. The highest BCUT2D eigenvalue weighted by molar-refractivity contribution is 8.13. The van der Waals surface area contributed by atoms with Crippen molar-refractivity contribution in [2.24, 2.45) is 4.99 Å². The van der Waals surface area contributed by atoms with E-state index >= 15 is 0 Å². The number of fused-ring (bicyclic) bond motifs is 1. The Balaban J connectivity index is 2.34. The molecule has 0 radical (unpaired) electrons. The second-order valence-corrected chi connectivity index (χ2v) is 3.75. The van der Waals surface area contributed by atoms with Crippen LogP contribution in [0, 0.1) is 0 Å². The van der Waals surface area contributed by atoms with E-state index in [9.17, 15) is 0 Å². The monoisotopic (exact) mass is 192 g/mol. The van der Waals surface area contributed by atoms with Crippen molar-refractivity contribution in [1.82, 2.24) is 4.90 Å². The number of hydrogen-bond acceptors (Lipinski definition) is 3. The average Bonchev–Trinajstić information content (AvgIpc) is 2.37. The van der Waals surface area contributed by atoms with E-state index in [1.54, 1.807) is 11.8 Å². The molecule has 68 valence electrons. The zero-order valence-electron chi connectivity index (χ0n) is 7.77. The van der Waals surface area contributed by atoms with Crippen molar-refractivity contribution in [3.63, 3.8) is 0 Å². The predicted octanol–water partition coefficient (Wildman–Crippen LogP) is 2.03. The van der Waals surface area contributed by atoms with Crippen LogP contribution in [0.4, 0.5) is 0 Å². The highest BCUT2D eigenvalue weighted by Crippen LogP contribution is 2.26. The third-order valence-corrected chi connectivity index (χ3v) is 2.94.